The first-order valence-electron chi connectivity index (χ1n) is 7.07. The van der Waals surface area contributed by atoms with Crippen LogP contribution < -0.4 is 10.6 Å². The van der Waals surface area contributed by atoms with Crippen LogP contribution in [0, 0.1) is 11.6 Å². The second-order valence-electron chi connectivity index (χ2n) is 5.04. The first kappa shape index (κ1) is 16.6. The van der Waals surface area contributed by atoms with Gasteiger partial charge in [0.2, 0.25) is 0 Å². The molecule has 0 saturated heterocycles. The lowest BCUT2D eigenvalue weighted by Crippen LogP contribution is -2.42. The number of nitrogens with one attached hydrogen (secondary N) is 2. The quantitative estimate of drug-likeness (QED) is 0.890. The average Bonchev–Trinajstić information content (AvgIpc) is 2.53. The van der Waals surface area contributed by atoms with Crippen molar-refractivity contribution in [2.75, 3.05) is 6.54 Å². The molecule has 0 radical (unpaired) electrons. The Labute approximate surface area is 132 Å². The van der Waals surface area contributed by atoms with Crippen molar-refractivity contribution in [2.45, 2.75) is 13.0 Å². The number of carbonyl (C=O) groups excluding carboxylic acids is 2. The van der Waals surface area contributed by atoms with Crippen LogP contribution in [0.4, 0.5) is 8.78 Å². The summed E-state index contributed by atoms with van der Waals surface area (Å²) in [6.07, 6.45) is 0. The van der Waals surface area contributed by atoms with Crippen molar-refractivity contribution >= 4 is 11.8 Å². The van der Waals surface area contributed by atoms with Crippen LogP contribution in [-0.4, -0.2) is 24.4 Å². The van der Waals surface area contributed by atoms with E-state index in [-0.39, 0.29) is 17.7 Å². The smallest absolute Gasteiger partial charge is 0.254 e. The molecule has 1 atom stereocenters. The Bertz CT molecular complexity index is 719. The van der Waals surface area contributed by atoms with Gasteiger partial charge in [0.1, 0.15) is 11.6 Å². The minimum atomic E-state index is -0.618. The summed E-state index contributed by atoms with van der Waals surface area (Å²) in [4.78, 5) is 23.8. The molecule has 1 unspecified atom stereocenters. The molecule has 0 aromatic heterocycles. The minimum Gasteiger partial charge on any atom is -0.350 e. The Balaban J connectivity index is 1.89. The van der Waals surface area contributed by atoms with Gasteiger partial charge >= 0.3 is 0 Å². The first-order chi connectivity index (χ1) is 11.0. The Morgan fingerprint density at radius 1 is 0.913 bits per heavy atom. The van der Waals surface area contributed by atoms with E-state index in [0.717, 1.165) is 0 Å². The van der Waals surface area contributed by atoms with Gasteiger partial charge in [0.05, 0.1) is 11.1 Å². The Morgan fingerprint density at radius 2 is 1.39 bits per heavy atom. The van der Waals surface area contributed by atoms with Crippen molar-refractivity contribution in [1.82, 2.24) is 10.6 Å². The molecule has 2 rings (SSSR count). The van der Waals surface area contributed by atoms with Crippen LogP contribution in [0.3, 0.4) is 0 Å². The topological polar surface area (TPSA) is 58.2 Å². The van der Waals surface area contributed by atoms with Crippen LogP contribution in [0.2, 0.25) is 0 Å². The van der Waals surface area contributed by atoms with Crippen LogP contribution in [0.5, 0.6) is 0 Å². The molecule has 0 aliphatic heterocycles. The highest BCUT2D eigenvalue weighted by Crippen LogP contribution is 2.07. The normalized spacial score (nSPS) is 11.6. The number of benzene rings is 2. The lowest BCUT2D eigenvalue weighted by atomic mass is 10.1. The summed E-state index contributed by atoms with van der Waals surface area (Å²) in [6, 6.07) is 10.8. The van der Waals surface area contributed by atoms with Crippen LogP contribution in [0.15, 0.2) is 48.5 Å². The maximum atomic E-state index is 13.5. The van der Waals surface area contributed by atoms with E-state index in [1.54, 1.807) is 19.1 Å². The second kappa shape index (κ2) is 7.49. The zero-order valence-corrected chi connectivity index (χ0v) is 12.5. The predicted molar refractivity (Wildman–Crippen MR) is 82.1 cm³/mol. The lowest BCUT2D eigenvalue weighted by molar-refractivity contribution is 0.0908. The maximum Gasteiger partial charge on any atom is 0.254 e. The second-order valence-corrected chi connectivity index (χ2v) is 5.04. The van der Waals surface area contributed by atoms with Gasteiger partial charge < -0.3 is 10.6 Å². The van der Waals surface area contributed by atoms with E-state index in [4.69, 9.17) is 0 Å². The van der Waals surface area contributed by atoms with E-state index in [2.05, 4.69) is 10.6 Å². The van der Waals surface area contributed by atoms with Crippen LogP contribution in [-0.2, 0) is 0 Å². The summed E-state index contributed by atoms with van der Waals surface area (Å²) < 4.78 is 27.0. The molecule has 2 N–H and O–H groups in total. The molecule has 0 aliphatic carbocycles. The third-order valence-electron chi connectivity index (χ3n) is 3.18. The summed E-state index contributed by atoms with van der Waals surface area (Å²) in [6.45, 7) is 1.74. The Morgan fingerprint density at radius 3 is 1.91 bits per heavy atom. The van der Waals surface area contributed by atoms with E-state index in [9.17, 15) is 18.4 Å². The van der Waals surface area contributed by atoms with E-state index in [1.165, 1.54) is 36.4 Å². The van der Waals surface area contributed by atoms with E-state index in [1.807, 2.05) is 0 Å². The summed E-state index contributed by atoms with van der Waals surface area (Å²) in [5.41, 5.74) is -0.139. The predicted octanol–water partition coefficient (Wildman–Crippen LogP) is 2.51. The van der Waals surface area contributed by atoms with Crippen molar-refractivity contribution in [3.05, 3.63) is 71.3 Å². The van der Waals surface area contributed by atoms with E-state index >= 15 is 0 Å². The van der Waals surface area contributed by atoms with Crippen molar-refractivity contribution in [2.24, 2.45) is 0 Å². The lowest BCUT2D eigenvalue weighted by Gasteiger charge is -2.15. The molecule has 0 bridgehead atoms. The molecule has 120 valence electrons. The highest BCUT2D eigenvalue weighted by atomic mass is 19.1. The monoisotopic (exact) mass is 318 g/mol. The van der Waals surface area contributed by atoms with Gasteiger partial charge in [-0.3, -0.25) is 9.59 Å². The first-order valence-corrected chi connectivity index (χ1v) is 7.07. The fourth-order valence-corrected chi connectivity index (χ4v) is 1.98. The molecule has 0 heterocycles. The molecule has 2 aromatic carbocycles. The fourth-order valence-electron chi connectivity index (χ4n) is 1.98. The summed E-state index contributed by atoms with van der Waals surface area (Å²) in [7, 11) is 0. The van der Waals surface area contributed by atoms with Crippen molar-refractivity contribution in [3.63, 3.8) is 0 Å². The van der Waals surface area contributed by atoms with Gasteiger partial charge in [0.25, 0.3) is 11.8 Å². The zero-order valence-electron chi connectivity index (χ0n) is 12.5. The minimum absolute atomic E-state index is 0.0693. The molecule has 0 saturated carbocycles. The number of hydrogen-bond acceptors (Lipinski definition) is 2. The summed E-state index contributed by atoms with van der Waals surface area (Å²) in [5, 5.41) is 5.09. The van der Waals surface area contributed by atoms with Gasteiger partial charge in [0, 0.05) is 12.6 Å². The number of carbonyl (C=O) groups is 2. The molecule has 0 aliphatic rings. The largest absolute Gasteiger partial charge is 0.350 e. The fraction of sp³-hybridized carbons (Fsp3) is 0.176. The molecule has 2 aromatic rings. The van der Waals surface area contributed by atoms with Crippen LogP contribution in [0.1, 0.15) is 27.6 Å². The Kier molecular flexibility index (Phi) is 5.41. The highest BCUT2D eigenvalue weighted by molar-refractivity contribution is 5.95. The third-order valence-corrected chi connectivity index (χ3v) is 3.18. The molecular weight excluding hydrogens is 302 g/mol. The van der Waals surface area contributed by atoms with Gasteiger partial charge in [-0.15, -0.1) is 0 Å². The van der Waals surface area contributed by atoms with E-state index in [0.29, 0.717) is 0 Å². The molecule has 6 heteroatoms. The number of rotatable bonds is 5. The highest BCUT2D eigenvalue weighted by Gasteiger charge is 2.15. The van der Waals surface area contributed by atoms with Gasteiger partial charge in [0.15, 0.2) is 0 Å². The van der Waals surface area contributed by atoms with Crippen LogP contribution in [0.25, 0.3) is 0 Å². The maximum absolute atomic E-state index is 13.5. The van der Waals surface area contributed by atoms with Crippen LogP contribution >= 0.6 is 0 Å². The van der Waals surface area contributed by atoms with Crippen molar-refractivity contribution in [3.8, 4) is 0 Å². The molecule has 0 fully saturated rings. The van der Waals surface area contributed by atoms with E-state index < -0.39 is 29.5 Å². The standard InChI is InChI=1S/C17H16F2N2O2/c1-11(21-17(23)13-7-3-5-9-15(13)19)10-20-16(22)12-6-2-4-8-14(12)18/h2-9,11H,10H2,1H3,(H,20,22)(H,21,23). The number of hydrogen-bond donors (Lipinski definition) is 2. The van der Waals surface area contributed by atoms with Gasteiger partial charge in [-0.1, -0.05) is 24.3 Å². The average molecular weight is 318 g/mol. The molecule has 2 amide bonds. The van der Waals surface area contributed by atoms with Crippen molar-refractivity contribution < 1.29 is 18.4 Å². The summed E-state index contributed by atoms with van der Waals surface area (Å²) >= 11 is 0. The molecule has 0 spiro atoms. The third kappa shape index (κ3) is 4.35. The molecule has 4 nitrogen and oxygen atoms in total. The zero-order chi connectivity index (χ0) is 16.8. The Hall–Kier alpha value is -2.76. The number of halogens is 2. The van der Waals surface area contributed by atoms with Gasteiger partial charge in [-0.2, -0.15) is 0 Å². The summed E-state index contributed by atoms with van der Waals surface area (Å²) in [5.74, 6) is -2.38. The number of amides is 2. The van der Waals surface area contributed by atoms with Gasteiger partial charge in [-0.05, 0) is 31.2 Å². The SMILES string of the molecule is CC(CNC(=O)c1ccccc1F)NC(=O)c1ccccc1F. The molecule has 23 heavy (non-hydrogen) atoms. The van der Waals surface area contributed by atoms with Gasteiger partial charge in [-0.25, -0.2) is 8.78 Å². The van der Waals surface area contributed by atoms with Crippen molar-refractivity contribution in [1.29, 1.82) is 0 Å². The molecular formula is C17H16F2N2O2.